The van der Waals surface area contributed by atoms with E-state index in [-0.39, 0.29) is 5.79 Å². The molecule has 2 nitrogen and oxygen atoms in total. The predicted molar refractivity (Wildman–Crippen MR) is 53.3 cm³/mol. The molecule has 0 bridgehead atoms. The molecule has 0 N–H and O–H groups in total. The lowest BCUT2D eigenvalue weighted by molar-refractivity contribution is -0.197. The van der Waals surface area contributed by atoms with E-state index in [1.165, 1.54) is 6.42 Å². The van der Waals surface area contributed by atoms with Crippen molar-refractivity contribution in [2.45, 2.75) is 52.7 Å². The van der Waals surface area contributed by atoms with Crippen molar-refractivity contribution in [1.82, 2.24) is 0 Å². The summed E-state index contributed by atoms with van der Waals surface area (Å²) < 4.78 is 10.3. The third kappa shape index (κ3) is 6.62. The zero-order valence-electron chi connectivity index (χ0n) is 9.44. The molecule has 2 heteroatoms. The SMILES string of the molecule is CC.CCCCC(C)(OC)OC. The maximum atomic E-state index is 5.17. The van der Waals surface area contributed by atoms with Crippen LogP contribution in [0.2, 0.25) is 0 Å². The second kappa shape index (κ2) is 9.01. The number of rotatable bonds is 5. The van der Waals surface area contributed by atoms with E-state index in [2.05, 4.69) is 6.92 Å². The molecule has 76 valence electrons. The lowest BCUT2D eigenvalue weighted by Crippen LogP contribution is -2.29. The summed E-state index contributed by atoms with van der Waals surface area (Å²) in [5, 5.41) is 0. The molecule has 0 aliphatic heterocycles. The van der Waals surface area contributed by atoms with E-state index in [1.54, 1.807) is 14.2 Å². The lowest BCUT2D eigenvalue weighted by Gasteiger charge is -2.25. The molecule has 0 aromatic heterocycles. The van der Waals surface area contributed by atoms with Crippen LogP contribution in [0.4, 0.5) is 0 Å². The summed E-state index contributed by atoms with van der Waals surface area (Å²) in [5.41, 5.74) is 0. The number of ether oxygens (including phenoxy) is 2. The Balaban J connectivity index is 0. The highest BCUT2D eigenvalue weighted by molar-refractivity contribution is 4.60. The highest BCUT2D eigenvalue weighted by atomic mass is 16.7. The van der Waals surface area contributed by atoms with Gasteiger partial charge in [0.1, 0.15) is 0 Å². The Bertz CT molecular complexity index is 77.9. The standard InChI is InChI=1S/C8H18O2.C2H6/c1-5-6-7-8(2,9-3)10-4;1-2/h5-7H2,1-4H3;1-2H3. The molecule has 0 aliphatic rings. The van der Waals surface area contributed by atoms with Crippen LogP contribution < -0.4 is 0 Å². The Morgan fingerprint density at radius 3 is 1.75 bits per heavy atom. The molecule has 0 aromatic rings. The Labute approximate surface area is 77.3 Å². The Morgan fingerprint density at radius 1 is 1.08 bits per heavy atom. The largest absolute Gasteiger partial charge is 0.353 e. The van der Waals surface area contributed by atoms with Gasteiger partial charge in [0.25, 0.3) is 0 Å². The molecule has 0 spiro atoms. The van der Waals surface area contributed by atoms with Gasteiger partial charge in [-0.1, -0.05) is 27.2 Å². The van der Waals surface area contributed by atoms with E-state index in [0.29, 0.717) is 0 Å². The van der Waals surface area contributed by atoms with E-state index >= 15 is 0 Å². The monoisotopic (exact) mass is 176 g/mol. The third-order valence-electron chi connectivity index (χ3n) is 1.85. The van der Waals surface area contributed by atoms with Crippen LogP contribution in [0.3, 0.4) is 0 Å². The second-order valence-corrected chi connectivity index (χ2v) is 2.65. The highest BCUT2D eigenvalue weighted by Gasteiger charge is 2.20. The normalized spacial score (nSPS) is 10.5. The number of methoxy groups -OCH3 is 2. The first kappa shape index (κ1) is 14.4. The molecular formula is C10H24O2. The Morgan fingerprint density at radius 2 is 1.50 bits per heavy atom. The summed E-state index contributed by atoms with van der Waals surface area (Å²) in [5.74, 6) is -0.365. The number of hydrogen-bond acceptors (Lipinski definition) is 2. The van der Waals surface area contributed by atoms with Gasteiger partial charge < -0.3 is 9.47 Å². The van der Waals surface area contributed by atoms with Crippen LogP contribution >= 0.6 is 0 Å². The van der Waals surface area contributed by atoms with Gasteiger partial charge in [-0.15, -0.1) is 0 Å². The Hall–Kier alpha value is -0.0800. The fourth-order valence-corrected chi connectivity index (χ4v) is 0.785. The first-order valence-electron chi connectivity index (χ1n) is 4.79. The fraction of sp³-hybridized carbons (Fsp3) is 1.00. The van der Waals surface area contributed by atoms with Crippen molar-refractivity contribution in [3.05, 3.63) is 0 Å². The van der Waals surface area contributed by atoms with Crippen molar-refractivity contribution in [2.75, 3.05) is 14.2 Å². The minimum Gasteiger partial charge on any atom is -0.353 e. The van der Waals surface area contributed by atoms with E-state index < -0.39 is 0 Å². The first-order chi connectivity index (χ1) is 5.68. The summed E-state index contributed by atoms with van der Waals surface area (Å²) >= 11 is 0. The average molecular weight is 176 g/mol. The molecular weight excluding hydrogens is 152 g/mol. The summed E-state index contributed by atoms with van der Waals surface area (Å²) in [6.07, 6.45) is 3.30. The highest BCUT2D eigenvalue weighted by Crippen LogP contribution is 2.17. The maximum absolute atomic E-state index is 5.17. The molecule has 0 amide bonds. The molecule has 0 saturated heterocycles. The van der Waals surface area contributed by atoms with Gasteiger partial charge in [-0.3, -0.25) is 0 Å². The van der Waals surface area contributed by atoms with Gasteiger partial charge in [-0.05, 0) is 13.3 Å². The summed E-state index contributed by atoms with van der Waals surface area (Å²) in [7, 11) is 3.36. The lowest BCUT2D eigenvalue weighted by atomic mass is 10.1. The van der Waals surface area contributed by atoms with Crippen LogP contribution in [0.25, 0.3) is 0 Å². The third-order valence-corrected chi connectivity index (χ3v) is 1.85. The molecule has 12 heavy (non-hydrogen) atoms. The van der Waals surface area contributed by atoms with Crippen molar-refractivity contribution >= 4 is 0 Å². The van der Waals surface area contributed by atoms with Crippen LogP contribution in [-0.4, -0.2) is 20.0 Å². The molecule has 0 aromatic carbocycles. The van der Waals surface area contributed by atoms with Crippen LogP contribution in [-0.2, 0) is 9.47 Å². The van der Waals surface area contributed by atoms with Crippen LogP contribution in [0.5, 0.6) is 0 Å². The van der Waals surface area contributed by atoms with Crippen molar-refractivity contribution in [3.8, 4) is 0 Å². The van der Waals surface area contributed by atoms with Crippen LogP contribution in [0.1, 0.15) is 47.0 Å². The van der Waals surface area contributed by atoms with Gasteiger partial charge in [0.2, 0.25) is 0 Å². The quantitative estimate of drug-likeness (QED) is 0.599. The van der Waals surface area contributed by atoms with Gasteiger partial charge in [-0.25, -0.2) is 0 Å². The molecule has 0 saturated carbocycles. The molecule has 0 heterocycles. The van der Waals surface area contributed by atoms with Gasteiger partial charge in [0.15, 0.2) is 5.79 Å². The number of unbranched alkanes of at least 4 members (excludes halogenated alkanes) is 1. The summed E-state index contributed by atoms with van der Waals surface area (Å²) in [6, 6.07) is 0. The van der Waals surface area contributed by atoms with Crippen molar-refractivity contribution in [3.63, 3.8) is 0 Å². The molecule has 0 unspecified atom stereocenters. The van der Waals surface area contributed by atoms with E-state index in [9.17, 15) is 0 Å². The second-order valence-electron chi connectivity index (χ2n) is 2.65. The molecule has 0 atom stereocenters. The average Bonchev–Trinajstić information content (AvgIpc) is 2.17. The van der Waals surface area contributed by atoms with Crippen molar-refractivity contribution < 1.29 is 9.47 Å². The van der Waals surface area contributed by atoms with Gasteiger partial charge in [-0.2, -0.15) is 0 Å². The van der Waals surface area contributed by atoms with Crippen molar-refractivity contribution in [2.24, 2.45) is 0 Å². The maximum Gasteiger partial charge on any atom is 0.164 e. The first-order valence-corrected chi connectivity index (χ1v) is 4.79. The zero-order valence-corrected chi connectivity index (χ0v) is 9.44. The van der Waals surface area contributed by atoms with Gasteiger partial charge in [0.05, 0.1) is 0 Å². The van der Waals surface area contributed by atoms with Gasteiger partial charge in [0, 0.05) is 20.6 Å². The topological polar surface area (TPSA) is 18.5 Å². The van der Waals surface area contributed by atoms with E-state index in [4.69, 9.17) is 9.47 Å². The zero-order chi connectivity index (χ0) is 10.0. The molecule has 0 radical (unpaired) electrons. The summed E-state index contributed by atoms with van der Waals surface area (Å²) in [6.45, 7) is 8.12. The van der Waals surface area contributed by atoms with Crippen molar-refractivity contribution in [1.29, 1.82) is 0 Å². The van der Waals surface area contributed by atoms with Crippen LogP contribution in [0, 0.1) is 0 Å². The van der Waals surface area contributed by atoms with E-state index in [0.717, 1.165) is 12.8 Å². The van der Waals surface area contributed by atoms with E-state index in [1.807, 2.05) is 20.8 Å². The smallest absolute Gasteiger partial charge is 0.164 e. The minimum atomic E-state index is -0.365. The number of hydrogen-bond donors (Lipinski definition) is 0. The Kier molecular flexibility index (Phi) is 10.8. The summed E-state index contributed by atoms with van der Waals surface area (Å²) in [4.78, 5) is 0. The molecule has 0 rings (SSSR count). The molecule has 0 aliphatic carbocycles. The fourth-order valence-electron chi connectivity index (χ4n) is 0.785. The van der Waals surface area contributed by atoms with Gasteiger partial charge >= 0.3 is 0 Å². The molecule has 0 fully saturated rings. The predicted octanol–water partition coefficient (Wildman–Crippen LogP) is 3.21. The van der Waals surface area contributed by atoms with Crippen LogP contribution in [0.15, 0.2) is 0 Å². The minimum absolute atomic E-state index is 0.365.